The molecular formula is C24H36N6. The molecule has 0 unspecified atom stereocenters. The highest BCUT2D eigenvalue weighted by molar-refractivity contribution is 5.61. The molecule has 5 rings (SSSR count). The lowest BCUT2D eigenvalue weighted by molar-refractivity contribution is 0.218. The minimum absolute atomic E-state index is 0.777. The van der Waals surface area contributed by atoms with Crippen molar-refractivity contribution in [3.05, 3.63) is 24.0 Å². The Bertz CT molecular complexity index is 824. The number of hydrogen-bond acceptors (Lipinski definition) is 5. The first-order valence-corrected chi connectivity index (χ1v) is 11.9. The van der Waals surface area contributed by atoms with Gasteiger partial charge >= 0.3 is 0 Å². The van der Waals surface area contributed by atoms with Crippen LogP contribution in [0.1, 0.15) is 50.6 Å². The molecule has 3 atom stereocenters. The van der Waals surface area contributed by atoms with Gasteiger partial charge in [-0.05, 0) is 68.4 Å². The SMILES string of the molecule is Cc1nn(C)cc1-c1ccc(NC[C@@H]2C[C@@H]3CN(CC4CCCCC4)C[C@@H]3C2)nn1. The smallest absolute Gasteiger partial charge is 0.148 e. The van der Waals surface area contributed by atoms with Crippen molar-refractivity contribution in [3.63, 3.8) is 0 Å². The molecule has 2 saturated carbocycles. The van der Waals surface area contributed by atoms with Gasteiger partial charge in [0.25, 0.3) is 0 Å². The summed E-state index contributed by atoms with van der Waals surface area (Å²) in [4.78, 5) is 2.79. The van der Waals surface area contributed by atoms with E-state index >= 15 is 0 Å². The van der Waals surface area contributed by atoms with Crippen molar-refractivity contribution in [1.82, 2.24) is 24.9 Å². The van der Waals surface area contributed by atoms with Gasteiger partial charge in [-0.1, -0.05) is 19.3 Å². The molecule has 2 aromatic rings. The quantitative estimate of drug-likeness (QED) is 0.779. The van der Waals surface area contributed by atoms with E-state index in [9.17, 15) is 0 Å². The Morgan fingerprint density at radius 2 is 1.77 bits per heavy atom. The third-order valence-electron chi connectivity index (χ3n) is 7.69. The summed E-state index contributed by atoms with van der Waals surface area (Å²) in [5, 5.41) is 16.8. The summed E-state index contributed by atoms with van der Waals surface area (Å²) >= 11 is 0. The maximum absolute atomic E-state index is 4.42. The fourth-order valence-electron chi connectivity index (χ4n) is 6.24. The number of aromatic nitrogens is 4. The second kappa shape index (κ2) is 8.66. The molecule has 162 valence electrons. The van der Waals surface area contributed by atoms with Gasteiger partial charge in [-0.25, -0.2) is 0 Å². The summed E-state index contributed by atoms with van der Waals surface area (Å²) in [6.07, 6.45) is 12.1. The second-order valence-electron chi connectivity index (χ2n) is 10.1. The molecule has 1 saturated heterocycles. The topological polar surface area (TPSA) is 58.9 Å². The first kappa shape index (κ1) is 20.0. The molecule has 3 heterocycles. The molecule has 2 aromatic heterocycles. The summed E-state index contributed by atoms with van der Waals surface area (Å²) in [5.74, 6) is 4.48. The third kappa shape index (κ3) is 4.39. The number of anilines is 1. The highest BCUT2D eigenvalue weighted by atomic mass is 15.3. The lowest BCUT2D eigenvalue weighted by Gasteiger charge is -2.27. The molecule has 0 aromatic carbocycles. The highest BCUT2D eigenvalue weighted by Gasteiger charge is 2.40. The number of hydrogen-bond donors (Lipinski definition) is 1. The van der Waals surface area contributed by atoms with Crippen molar-refractivity contribution >= 4 is 5.82 Å². The van der Waals surface area contributed by atoms with E-state index in [4.69, 9.17) is 0 Å². The van der Waals surface area contributed by atoms with E-state index in [2.05, 4.69) is 31.6 Å². The summed E-state index contributed by atoms with van der Waals surface area (Å²) in [6, 6.07) is 4.10. The predicted molar refractivity (Wildman–Crippen MR) is 120 cm³/mol. The molecule has 0 bridgehead atoms. The monoisotopic (exact) mass is 408 g/mol. The standard InChI is InChI=1S/C24H36N6/c1-17-22(16-29(2)28-17)23-8-9-24(27-26-23)25-12-19-10-20-14-30(15-21(20)11-19)13-18-6-4-3-5-7-18/h8-9,16,18-21H,3-7,10-15H2,1-2H3,(H,25,27)/t19-,20-,21+. The van der Waals surface area contributed by atoms with E-state index in [1.165, 1.54) is 64.6 Å². The lowest BCUT2D eigenvalue weighted by Crippen LogP contribution is -2.30. The molecule has 3 fully saturated rings. The fraction of sp³-hybridized carbons (Fsp3) is 0.708. The fourth-order valence-corrected chi connectivity index (χ4v) is 6.24. The zero-order valence-electron chi connectivity index (χ0n) is 18.6. The largest absolute Gasteiger partial charge is 0.368 e. The molecular weight excluding hydrogens is 372 g/mol. The van der Waals surface area contributed by atoms with Crippen LogP contribution in [0.4, 0.5) is 5.82 Å². The molecule has 6 heteroatoms. The van der Waals surface area contributed by atoms with Crippen molar-refractivity contribution in [2.75, 3.05) is 31.5 Å². The van der Waals surface area contributed by atoms with Gasteiger partial charge < -0.3 is 10.2 Å². The minimum Gasteiger partial charge on any atom is -0.368 e. The lowest BCUT2D eigenvalue weighted by atomic mass is 9.89. The van der Waals surface area contributed by atoms with Gasteiger partial charge in [0, 0.05) is 45.0 Å². The summed E-state index contributed by atoms with van der Waals surface area (Å²) in [5.41, 5.74) is 2.93. The Hall–Kier alpha value is -1.95. The van der Waals surface area contributed by atoms with Crippen LogP contribution in [0, 0.1) is 30.6 Å². The summed E-state index contributed by atoms with van der Waals surface area (Å²) in [7, 11) is 1.94. The zero-order chi connectivity index (χ0) is 20.5. The van der Waals surface area contributed by atoms with Crippen LogP contribution in [0.2, 0.25) is 0 Å². The predicted octanol–water partition coefficient (Wildman–Crippen LogP) is 4.14. The van der Waals surface area contributed by atoms with Gasteiger partial charge in [0.1, 0.15) is 5.82 Å². The van der Waals surface area contributed by atoms with Crippen LogP contribution in [-0.4, -0.2) is 51.1 Å². The van der Waals surface area contributed by atoms with Crippen LogP contribution < -0.4 is 5.32 Å². The van der Waals surface area contributed by atoms with Crippen molar-refractivity contribution in [3.8, 4) is 11.3 Å². The molecule has 6 nitrogen and oxygen atoms in total. The number of fused-ring (bicyclic) bond motifs is 1. The number of rotatable bonds is 6. The number of nitrogens with zero attached hydrogens (tertiary/aromatic N) is 5. The van der Waals surface area contributed by atoms with E-state index in [-0.39, 0.29) is 0 Å². The molecule has 2 aliphatic carbocycles. The van der Waals surface area contributed by atoms with Crippen LogP contribution in [-0.2, 0) is 7.05 Å². The van der Waals surface area contributed by atoms with Crippen molar-refractivity contribution < 1.29 is 0 Å². The molecule has 1 N–H and O–H groups in total. The zero-order valence-corrected chi connectivity index (χ0v) is 18.6. The maximum atomic E-state index is 4.42. The van der Waals surface area contributed by atoms with E-state index < -0.39 is 0 Å². The molecule has 0 amide bonds. The number of aryl methyl sites for hydroxylation is 2. The van der Waals surface area contributed by atoms with Crippen LogP contribution in [0.3, 0.4) is 0 Å². The number of nitrogens with one attached hydrogen (secondary N) is 1. The third-order valence-corrected chi connectivity index (χ3v) is 7.69. The maximum Gasteiger partial charge on any atom is 0.148 e. The van der Waals surface area contributed by atoms with Gasteiger partial charge in [-0.15, -0.1) is 10.2 Å². The van der Waals surface area contributed by atoms with Gasteiger partial charge in [0.05, 0.1) is 11.4 Å². The van der Waals surface area contributed by atoms with Crippen molar-refractivity contribution in [2.24, 2.45) is 30.7 Å². The Morgan fingerprint density at radius 3 is 2.40 bits per heavy atom. The van der Waals surface area contributed by atoms with Gasteiger partial charge in [-0.2, -0.15) is 5.10 Å². The van der Waals surface area contributed by atoms with Crippen LogP contribution in [0.25, 0.3) is 11.3 Å². The van der Waals surface area contributed by atoms with Crippen molar-refractivity contribution in [1.29, 1.82) is 0 Å². The van der Waals surface area contributed by atoms with Gasteiger partial charge in [-0.3, -0.25) is 4.68 Å². The Kier molecular flexibility index (Phi) is 5.77. The molecule has 30 heavy (non-hydrogen) atoms. The van der Waals surface area contributed by atoms with Crippen LogP contribution in [0.15, 0.2) is 18.3 Å². The van der Waals surface area contributed by atoms with E-state index in [0.717, 1.165) is 53.0 Å². The molecule has 1 aliphatic heterocycles. The first-order chi connectivity index (χ1) is 14.6. The Morgan fingerprint density at radius 1 is 1.00 bits per heavy atom. The van der Waals surface area contributed by atoms with Gasteiger partial charge in [0.2, 0.25) is 0 Å². The average Bonchev–Trinajstić information content (AvgIpc) is 3.40. The van der Waals surface area contributed by atoms with Crippen LogP contribution >= 0.6 is 0 Å². The van der Waals surface area contributed by atoms with E-state index in [1.807, 2.05) is 30.9 Å². The first-order valence-electron chi connectivity index (χ1n) is 11.9. The second-order valence-corrected chi connectivity index (χ2v) is 10.1. The molecule has 0 spiro atoms. The normalized spacial score (nSPS) is 27.5. The van der Waals surface area contributed by atoms with E-state index in [1.54, 1.807) is 0 Å². The Balaban J connectivity index is 1.08. The number of likely N-dealkylation sites (tertiary alicyclic amines) is 1. The minimum atomic E-state index is 0.777. The molecule has 0 radical (unpaired) electrons. The van der Waals surface area contributed by atoms with Crippen molar-refractivity contribution in [2.45, 2.75) is 51.9 Å². The average molecular weight is 409 g/mol. The Labute approximate surface area is 180 Å². The van der Waals surface area contributed by atoms with Gasteiger partial charge in [0.15, 0.2) is 0 Å². The highest BCUT2D eigenvalue weighted by Crippen LogP contribution is 2.42. The van der Waals surface area contributed by atoms with Crippen LogP contribution in [0.5, 0.6) is 0 Å². The molecule has 3 aliphatic rings. The summed E-state index contributed by atoms with van der Waals surface area (Å²) in [6.45, 7) is 7.09. The van der Waals surface area contributed by atoms with E-state index in [0.29, 0.717) is 0 Å². The summed E-state index contributed by atoms with van der Waals surface area (Å²) < 4.78 is 1.83.